The number of rotatable bonds is 6. The van der Waals surface area contributed by atoms with Crippen LogP contribution in [0.5, 0.6) is 0 Å². The summed E-state index contributed by atoms with van der Waals surface area (Å²) in [5, 5.41) is 3.66. The summed E-state index contributed by atoms with van der Waals surface area (Å²) in [5.41, 5.74) is 3.29. The highest BCUT2D eigenvalue weighted by Gasteiger charge is 2.04. The Hall–Kier alpha value is -1.45. The molecule has 2 rings (SSSR count). The van der Waals surface area contributed by atoms with E-state index in [0.717, 1.165) is 16.5 Å². The van der Waals surface area contributed by atoms with Gasteiger partial charge in [-0.3, -0.25) is 4.79 Å². The first-order chi connectivity index (χ1) is 10.5. The fourth-order valence-corrected chi connectivity index (χ4v) is 2.90. The van der Waals surface area contributed by atoms with Gasteiger partial charge in [0, 0.05) is 16.5 Å². The van der Waals surface area contributed by atoms with Gasteiger partial charge < -0.3 is 5.32 Å². The molecule has 1 amide bonds. The van der Waals surface area contributed by atoms with Gasteiger partial charge in [-0.25, -0.2) is 0 Å². The maximum absolute atomic E-state index is 11.9. The van der Waals surface area contributed by atoms with Crippen LogP contribution >= 0.6 is 23.4 Å². The van der Waals surface area contributed by atoms with Crippen LogP contribution in [0.15, 0.2) is 48.5 Å². The average Bonchev–Trinajstić information content (AvgIpc) is 2.50. The van der Waals surface area contributed by atoms with E-state index in [0.29, 0.717) is 11.7 Å². The lowest BCUT2D eigenvalue weighted by molar-refractivity contribution is -0.113. The molecule has 1 N–H and O–H groups in total. The van der Waals surface area contributed by atoms with Crippen LogP contribution in [-0.4, -0.2) is 11.7 Å². The van der Waals surface area contributed by atoms with Crippen molar-refractivity contribution in [2.75, 3.05) is 11.1 Å². The van der Waals surface area contributed by atoms with Crippen molar-refractivity contribution < 1.29 is 4.79 Å². The summed E-state index contributed by atoms with van der Waals surface area (Å²) >= 11 is 7.44. The molecule has 2 aromatic rings. The van der Waals surface area contributed by atoms with Crippen molar-refractivity contribution in [1.29, 1.82) is 0 Å². The van der Waals surface area contributed by atoms with Gasteiger partial charge in [0.2, 0.25) is 5.91 Å². The van der Waals surface area contributed by atoms with E-state index in [9.17, 15) is 4.79 Å². The Morgan fingerprint density at radius 1 is 1.09 bits per heavy atom. The minimum absolute atomic E-state index is 0.0243. The van der Waals surface area contributed by atoms with Crippen molar-refractivity contribution in [3.05, 3.63) is 64.7 Å². The van der Waals surface area contributed by atoms with Crippen LogP contribution in [0.4, 0.5) is 5.69 Å². The highest BCUT2D eigenvalue weighted by atomic mass is 35.5. The summed E-state index contributed by atoms with van der Waals surface area (Å²) in [5.74, 6) is 1.77. The van der Waals surface area contributed by atoms with Crippen molar-refractivity contribution in [3.8, 4) is 0 Å². The second-order valence-corrected chi connectivity index (χ2v) is 6.87. The normalized spacial score (nSPS) is 10.7. The number of amides is 1. The molecule has 0 heterocycles. The molecular formula is C18H20ClNOS. The molecule has 0 spiro atoms. The summed E-state index contributed by atoms with van der Waals surface area (Å²) < 4.78 is 0. The first-order valence-corrected chi connectivity index (χ1v) is 8.80. The SMILES string of the molecule is CC(C)c1ccc(NC(=O)CSCc2ccc(Cl)cc2)cc1. The molecular weight excluding hydrogens is 314 g/mol. The first kappa shape index (κ1) is 16.9. The van der Waals surface area contributed by atoms with Crippen LogP contribution in [0, 0.1) is 0 Å². The van der Waals surface area contributed by atoms with Crippen molar-refractivity contribution >= 4 is 35.0 Å². The molecule has 0 saturated carbocycles. The Labute approximate surface area is 141 Å². The Morgan fingerprint density at radius 3 is 2.32 bits per heavy atom. The molecule has 0 bridgehead atoms. The van der Waals surface area contributed by atoms with Crippen molar-refractivity contribution in [2.45, 2.75) is 25.5 Å². The first-order valence-electron chi connectivity index (χ1n) is 7.26. The van der Waals surface area contributed by atoms with Gasteiger partial charge in [-0.1, -0.05) is 49.7 Å². The van der Waals surface area contributed by atoms with Gasteiger partial charge in [-0.05, 0) is 41.3 Å². The Morgan fingerprint density at radius 2 is 1.73 bits per heavy atom. The van der Waals surface area contributed by atoms with Gasteiger partial charge in [0.05, 0.1) is 5.75 Å². The van der Waals surface area contributed by atoms with Crippen molar-refractivity contribution in [1.82, 2.24) is 0 Å². The number of nitrogens with one attached hydrogen (secondary N) is 1. The smallest absolute Gasteiger partial charge is 0.234 e. The number of anilines is 1. The summed E-state index contributed by atoms with van der Waals surface area (Å²) in [6.45, 7) is 4.31. The van der Waals surface area contributed by atoms with Crippen LogP contribution < -0.4 is 5.32 Å². The van der Waals surface area contributed by atoms with Crippen molar-refractivity contribution in [3.63, 3.8) is 0 Å². The van der Waals surface area contributed by atoms with Gasteiger partial charge >= 0.3 is 0 Å². The van der Waals surface area contributed by atoms with E-state index in [2.05, 4.69) is 31.3 Å². The van der Waals surface area contributed by atoms with E-state index in [-0.39, 0.29) is 5.91 Å². The second kappa shape index (κ2) is 8.25. The Bertz CT molecular complexity index is 608. The Kier molecular flexibility index (Phi) is 6.34. The predicted octanol–water partition coefficient (Wildman–Crippen LogP) is 5.34. The minimum atomic E-state index is 0.0243. The maximum atomic E-state index is 11.9. The average molecular weight is 334 g/mol. The molecule has 0 saturated heterocycles. The quantitative estimate of drug-likeness (QED) is 0.773. The summed E-state index contributed by atoms with van der Waals surface area (Å²) in [6.07, 6.45) is 0. The number of hydrogen-bond acceptors (Lipinski definition) is 2. The van der Waals surface area contributed by atoms with Crippen LogP contribution in [0.25, 0.3) is 0 Å². The van der Waals surface area contributed by atoms with Gasteiger partial charge in [0.1, 0.15) is 0 Å². The summed E-state index contributed by atoms with van der Waals surface area (Å²) in [7, 11) is 0. The highest BCUT2D eigenvalue weighted by molar-refractivity contribution is 7.99. The lowest BCUT2D eigenvalue weighted by Gasteiger charge is -2.08. The topological polar surface area (TPSA) is 29.1 Å². The monoisotopic (exact) mass is 333 g/mol. The third-order valence-electron chi connectivity index (χ3n) is 3.28. The molecule has 0 radical (unpaired) electrons. The van der Waals surface area contributed by atoms with Crippen LogP contribution in [0.3, 0.4) is 0 Å². The largest absolute Gasteiger partial charge is 0.325 e. The zero-order valence-electron chi connectivity index (χ0n) is 12.8. The second-order valence-electron chi connectivity index (χ2n) is 5.44. The van der Waals surface area contributed by atoms with Gasteiger partial charge in [0.15, 0.2) is 0 Å². The zero-order chi connectivity index (χ0) is 15.9. The van der Waals surface area contributed by atoms with Crippen molar-refractivity contribution in [2.24, 2.45) is 0 Å². The molecule has 4 heteroatoms. The number of carbonyl (C=O) groups is 1. The lowest BCUT2D eigenvalue weighted by Crippen LogP contribution is -2.14. The standard InChI is InChI=1S/C18H20ClNOS/c1-13(2)15-5-9-17(10-6-15)20-18(21)12-22-11-14-3-7-16(19)8-4-14/h3-10,13H,11-12H2,1-2H3,(H,20,21). The number of benzene rings is 2. The highest BCUT2D eigenvalue weighted by Crippen LogP contribution is 2.18. The van der Waals surface area contributed by atoms with Crippen LogP contribution in [0.1, 0.15) is 30.9 Å². The Balaban J connectivity index is 1.76. The van der Waals surface area contributed by atoms with E-state index >= 15 is 0 Å². The molecule has 0 unspecified atom stereocenters. The third kappa shape index (κ3) is 5.39. The fraction of sp³-hybridized carbons (Fsp3) is 0.278. The van der Waals surface area contributed by atoms with Gasteiger partial charge in [-0.2, -0.15) is 0 Å². The molecule has 0 aromatic heterocycles. The molecule has 0 aliphatic heterocycles. The van der Waals surface area contributed by atoms with E-state index in [1.165, 1.54) is 11.1 Å². The zero-order valence-corrected chi connectivity index (χ0v) is 14.4. The van der Waals surface area contributed by atoms with E-state index < -0.39 is 0 Å². The summed E-state index contributed by atoms with van der Waals surface area (Å²) in [4.78, 5) is 11.9. The predicted molar refractivity (Wildman–Crippen MR) is 96.8 cm³/mol. The third-order valence-corrected chi connectivity index (χ3v) is 4.53. The van der Waals surface area contributed by atoms with E-state index in [1.807, 2.05) is 36.4 Å². The molecule has 22 heavy (non-hydrogen) atoms. The van der Waals surface area contributed by atoms with E-state index in [4.69, 9.17) is 11.6 Å². The number of hydrogen-bond donors (Lipinski definition) is 1. The van der Waals surface area contributed by atoms with Gasteiger partial charge in [-0.15, -0.1) is 11.8 Å². The minimum Gasteiger partial charge on any atom is -0.325 e. The summed E-state index contributed by atoms with van der Waals surface area (Å²) in [6, 6.07) is 15.7. The molecule has 0 aliphatic carbocycles. The molecule has 0 aliphatic rings. The molecule has 0 atom stereocenters. The number of carbonyl (C=O) groups excluding carboxylic acids is 1. The maximum Gasteiger partial charge on any atom is 0.234 e. The van der Waals surface area contributed by atoms with Gasteiger partial charge in [0.25, 0.3) is 0 Å². The van der Waals surface area contributed by atoms with Crippen LogP contribution in [0.2, 0.25) is 5.02 Å². The molecule has 0 fully saturated rings. The lowest BCUT2D eigenvalue weighted by atomic mass is 10.0. The molecule has 2 aromatic carbocycles. The number of halogens is 1. The fourth-order valence-electron chi connectivity index (χ4n) is 1.99. The molecule has 116 valence electrons. The molecule has 2 nitrogen and oxygen atoms in total. The van der Waals surface area contributed by atoms with Crippen LogP contribution in [-0.2, 0) is 10.5 Å². The van der Waals surface area contributed by atoms with E-state index in [1.54, 1.807) is 11.8 Å². The number of thioether (sulfide) groups is 1.